The van der Waals surface area contributed by atoms with Gasteiger partial charge in [-0.1, -0.05) is 73.1 Å². The molecule has 0 aliphatic rings. The van der Waals surface area contributed by atoms with Gasteiger partial charge < -0.3 is 9.88 Å². The molecule has 39 heavy (non-hydrogen) atoms. The van der Waals surface area contributed by atoms with E-state index in [1.54, 1.807) is 12.3 Å². The number of nitrogens with zero attached hydrogens (tertiary/aromatic N) is 4. The van der Waals surface area contributed by atoms with Crippen LogP contribution in [0.2, 0.25) is 0 Å². The van der Waals surface area contributed by atoms with Gasteiger partial charge in [0.25, 0.3) is 5.56 Å². The number of halogens is 1. The summed E-state index contributed by atoms with van der Waals surface area (Å²) in [5, 5.41) is 9.15. The Labute approximate surface area is 235 Å². The molecule has 2 heterocycles. The number of nitrogens with one attached hydrogen (secondary N) is 1. The SMILES string of the molecule is Cc1ccccc1NC(=O)Cn1c(C)c(C=Nn2c(C(C)(C)C)nc3ccc(Br)cc3c2=O)c2ccccc21. The first-order chi connectivity index (χ1) is 18.5. The van der Waals surface area contributed by atoms with E-state index in [-0.39, 0.29) is 18.0 Å². The van der Waals surface area contributed by atoms with Crippen LogP contribution in [0, 0.1) is 13.8 Å². The molecule has 0 saturated heterocycles. The van der Waals surface area contributed by atoms with Gasteiger partial charge in [0.15, 0.2) is 0 Å². The molecule has 198 valence electrons. The summed E-state index contributed by atoms with van der Waals surface area (Å²) in [6.45, 7) is 10.1. The number of amides is 1. The third-order valence-electron chi connectivity index (χ3n) is 6.78. The Balaban J connectivity index is 1.59. The van der Waals surface area contributed by atoms with E-state index >= 15 is 0 Å². The number of fused-ring (bicyclic) bond motifs is 2. The van der Waals surface area contributed by atoms with Crippen molar-refractivity contribution < 1.29 is 4.79 Å². The average molecular weight is 585 g/mol. The number of benzene rings is 3. The van der Waals surface area contributed by atoms with Gasteiger partial charge in [-0.05, 0) is 49.7 Å². The fraction of sp³-hybridized carbons (Fsp3) is 0.226. The normalized spacial score (nSPS) is 12.1. The number of hydrogen-bond donors (Lipinski definition) is 1. The summed E-state index contributed by atoms with van der Waals surface area (Å²) in [4.78, 5) is 31.5. The van der Waals surface area contributed by atoms with Crippen LogP contribution in [0.25, 0.3) is 21.8 Å². The van der Waals surface area contributed by atoms with Crippen LogP contribution in [0.15, 0.2) is 81.1 Å². The number of hydrogen-bond acceptors (Lipinski definition) is 4. The Bertz CT molecular complexity index is 1830. The highest BCUT2D eigenvalue weighted by Gasteiger charge is 2.23. The molecule has 1 N–H and O–H groups in total. The fourth-order valence-electron chi connectivity index (χ4n) is 4.73. The molecule has 0 unspecified atom stereocenters. The smallest absolute Gasteiger partial charge is 0.282 e. The maximum atomic E-state index is 13.6. The molecule has 2 aromatic heterocycles. The lowest BCUT2D eigenvalue weighted by molar-refractivity contribution is -0.116. The van der Waals surface area contributed by atoms with Gasteiger partial charge in [-0.25, -0.2) is 4.98 Å². The molecule has 0 aliphatic heterocycles. The highest BCUT2D eigenvalue weighted by Crippen LogP contribution is 2.26. The van der Waals surface area contributed by atoms with Crippen LogP contribution in [0.4, 0.5) is 5.69 Å². The monoisotopic (exact) mass is 583 g/mol. The molecule has 0 saturated carbocycles. The van der Waals surface area contributed by atoms with Gasteiger partial charge in [0.1, 0.15) is 12.4 Å². The minimum Gasteiger partial charge on any atom is -0.335 e. The molecule has 3 aromatic carbocycles. The summed E-state index contributed by atoms with van der Waals surface area (Å²) >= 11 is 3.46. The van der Waals surface area contributed by atoms with E-state index in [1.807, 2.05) is 99.8 Å². The van der Waals surface area contributed by atoms with Crippen molar-refractivity contribution in [2.75, 3.05) is 5.32 Å². The van der Waals surface area contributed by atoms with Gasteiger partial charge in [0, 0.05) is 37.7 Å². The average Bonchev–Trinajstić information content (AvgIpc) is 3.15. The number of aromatic nitrogens is 3. The van der Waals surface area contributed by atoms with Crippen LogP contribution in [-0.2, 0) is 16.8 Å². The molecule has 1 amide bonds. The molecule has 5 aromatic rings. The Kier molecular flexibility index (Phi) is 6.99. The second-order valence-electron chi connectivity index (χ2n) is 10.7. The third-order valence-corrected chi connectivity index (χ3v) is 7.28. The second-order valence-corrected chi connectivity index (χ2v) is 11.6. The predicted octanol–water partition coefficient (Wildman–Crippen LogP) is 6.55. The minimum atomic E-state index is -0.422. The summed E-state index contributed by atoms with van der Waals surface area (Å²) in [6.07, 6.45) is 1.70. The molecular weight excluding hydrogens is 554 g/mol. The zero-order valence-electron chi connectivity index (χ0n) is 22.6. The van der Waals surface area contributed by atoms with E-state index in [4.69, 9.17) is 10.1 Å². The van der Waals surface area contributed by atoms with E-state index in [1.165, 1.54) is 4.68 Å². The molecule has 0 fully saturated rings. The Morgan fingerprint density at radius 1 is 1.03 bits per heavy atom. The number of carbonyl (C=O) groups is 1. The van der Waals surface area contributed by atoms with E-state index in [2.05, 4.69) is 21.2 Å². The fourth-order valence-corrected chi connectivity index (χ4v) is 5.09. The first-order valence-corrected chi connectivity index (χ1v) is 13.5. The van der Waals surface area contributed by atoms with Gasteiger partial charge in [0.2, 0.25) is 5.91 Å². The van der Waals surface area contributed by atoms with Crippen LogP contribution in [0.1, 0.15) is 43.4 Å². The maximum absolute atomic E-state index is 13.6. The summed E-state index contributed by atoms with van der Waals surface area (Å²) in [5.41, 5.74) is 4.41. The first kappa shape index (κ1) is 26.6. The highest BCUT2D eigenvalue weighted by molar-refractivity contribution is 9.10. The van der Waals surface area contributed by atoms with Crippen LogP contribution in [-0.4, -0.2) is 26.3 Å². The molecule has 0 radical (unpaired) electrons. The molecule has 0 spiro atoms. The standard InChI is InChI=1S/C31H30BrN5O2/c1-19-10-6-8-12-25(19)34-28(38)18-36-20(2)24(22-11-7-9-13-27(22)36)17-33-37-29(39)23-16-21(32)14-15-26(23)35-30(37)31(3,4)5/h6-17H,18H2,1-5H3,(H,34,38). The molecule has 0 aliphatic carbocycles. The largest absolute Gasteiger partial charge is 0.335 e. The van der Waals surface area contributed by atoms with Gasteiger partial charge in [-0.2, -0.15) is 9.78 Å². The number of para-hydroxylation sites is 2. The van der Waals surface area contributed by atoms with E-state index in [0.717, 1.165) is 37.9 Å². The van der Waals surface area contributed by atoms with Crippen molar-refractivity contribution in [3.05, 3.63) is 104 Å². The molecular formula is C31H30BrN5O2. The van der Waals surface area contributed by atoms with Crippen LogP contribution >= 0.6 is 15.9 Å². The summed E-state index contributed by atoms with van der Waals surface area (Å²) < 4.78 is 4.18. The number of anilines is 1. The van der Waals surface area contributed by atoms with Gasteiger partial charge >= 0.3 is 0 Å². The topological polar surface area (TPSA) is 81.3 Å². The minimum absolute atomic E-state index is 0.118. The first-order valence-electron chi connectivity index (χ1n) is 12.7. The Morgan fingerprint density at radius 3 is 2.49 bits per heavy atom. The summed E-state index contributed by atoms with van der Waals surface area (Å²) in [7, 11) is 0. The summed E-state index contributed by atoms with van der Waals surface area (Å²) in [5.74, 6) is 0.449. The van der Waals surface area contributed by atoms with Gasteiger partial charge in [-0.15, -0.1) is 0 Å². The van der Waals surface area contributed by atoms with Gasteiger partial charge in [-0.3, -0.25) is 9.59 Å². The summed E-state index contributed by atoms with van der Waals surface area (Å²) in [6, 6.07) is 21.1. The molecule has 0 bridgehead atoms. The lowest BCUT2D eigenvalue weighted by Gasteiger charge is -2.20. The van der Waals surface area contributed by atoms with E-state index in [9.17, 15) is 9.59 Å². The molecule has 5 rings (SSSR count). The van der Waals surface area contributed by atoms with Crippen molar-refractivity contribution in [2.45, 2.75) is 46.6 Å². The third kappa shape index (κ3) is 5.16. The highest BCUT2D eigenvalue weighted by atomic mass is 79.9. The van der Waals surface area contributed by atoms with Crippen LogP contribution < -0.4 is 10.9 Å². The number of aryl methyl sites for hydroxylation is 1. The zero-order chi connectivity index (χ0) is 27.9. The van der Waals surface area contributed by atoms with Crippen molar-refractivity contribution in [3.8, 4) is 0 Å². The Hall–Kier alpha value is -4.04. The lowest BCUT2D eigenvalue weighted by atomic mass is 9.95. The zero-order valence-corrected chi connectivity index (χ0v) is 24.2. The molecule has 0 atom stereocenters. The number of carbonyl (C=O) groups excluding carboxylic acids is 1. The van der Waals surface area contributed by atoms with E-state index < -0.39 is 5.41 Å². The van der Waals surface area contributed by atoms with Crippen molar-refractivity contribution >= 4 is 55.5 Å². The number of rotatable bonds is 5. The molecule has 8 heteroatoms. The van der Waals surface area contributed by atoms with Crippen molar-refractivity contribution in [1.29, 1.82) is 0 Å². The van der Waals surface area contributed by atoms with Crippen molar-refractivity contribution in [3.63, 3.8) is 0 Å². The second kappa shape index (κ2) is 10.3. The Morgan fingerprint density at radius 2 is 1.74 bits per heavy atom. The van der Waals surface area contributed by atoms with Crippen LogP contribution in [0.5, 0.6) is 0 Å². The molecule has 7 nitrogen and oxygen atoms in total. The maximum Gasteiger partial charge on any atom is 0.282 e. The van der Waals surface area contributed by atoms with Crippen molar-refractivity contribution in [1.82, 2.24) is 14.2 Å². The quantitative estimate of drug-likeness (QED) is 0.238. The van der Waals surface area contributed by atoms with Crippen LogP contribution in [0.3, 0.4) is 0 Å². The van der Waals surface area contributed by atoms with E-state index in [0.29, 0.717) is 16.7 Å². The van der Waals surface area contributed by atoms with Crippen molar-refractivity contribution in [2.24, 2.45) is 5.10 Å². The van der Waals surface area contributed by atoms with Gasteiger partial charge in [0.05, 0.1) is 17.1 Å². The lowest BCUT2D eigenvalue weighted by Crippen LogP contribution is -2.29. The predicted molar refractivity (Wildman–Crippen MR) is 162 cm³/mol.